The van der Waals surface area contributed by atoms with Gasteiger partial charge in [0.05, 0.1) is 0 Å². The van der Waals surface area contributed by atoms with Crippen molar-refractivity contribution in [1.82, 2.24) is 9.80 Å². The summed E-state index contributed by atoms with van der Waals surface area (Å²) in [7, 11) is 3.45. The molecule has 5 heteroatoms. The van der Waals surface area contributed by atoms with Gasteiger partial charge in [-0.15, -0.1) is 0 Å². The fourth-order valence-corrected chi connectivity index (χ4v) is 2.59. The van der Waals surface area contributed by atoms with E-state index in [0.717, 1.165) is 19.3 Å². The van der Waals surface area contributed by atoms with E-state index >= 15 is 0 Å². The summed E-state index contributed by atoms with van der Waals surface area (Å²) < 4.78 is 5.42. The van der Waals surface area contributed by atoms with Crippen LogP contribution < -0.4 is 0 Å². The third kappa shape index (κ3) is 4.39. The lowest BCUT2D eigenvalue weighted by Crippen LogP contribution is -2.47. The van der Waals surface area contributed by atoms with Gasteiger partial charge in [0.15, 0.2) is 0 Å². The molecule has 1 aliphatic heterocycles. The van der Waals surface area contributed by atoms with Crippen LogP contribution in [0, 0.1) is 5.92 Å². The summed E-state index contributed by atoms with van der Waals surface area (Å²) in [5.41, 5.74) is -0.536. The largest absolute Gasteiger partial charge is 0.444 e. The zero-order valence-corrected chi connectivity index (χ0v) is 13.6. The van der Waals surface area contributed by atoms with E-state index in [-0.39, 0.29) is 18.0 Å². The molecule has 0 saturated carbocycles. The smallest absolute Gasteiger partial charge is 0.410 e. The SMILES string of the molecule is CCC[C@@H]1C[C@H](C(=O)N(C)C)N(C(=O)OC(C)(C)C)C1. The van der Waals surface area contributed by atoms with Crippen molar-refractivity contribution in [2.24, 2.45) is 5.92 Å². The number of amides is 2. The maximum Gasteiger partial charge on any atom is 0.410 e. The van der Waals surface area contributed by atoms with Crippen LogP contribution >= 0.6 is 0 Å². The van der Waals surface area contributed by atoms with Crippen LogP contribution in [-0.4, -0.2) is 54.1 Å². The van der Waals surface area contributed by atoms with Crippen LogP contribution in [0.5, 0.6) is 0 Å². The van der Waals surface area contributed by atoms with E-state index in [1.807, 2.05) is 20.8 Å². The van der Waals surface area contributed by atoms with E-state index < -0.39 is 5.60 Å². The fraction of sp³-hybridized carbons (Fsp3) is 0.867. The van der Waals surface area contributed by atoms with Gasteiger partial charge in [-0.3, -0.25) is 9.69 Å². The van der Waals surface area contributed by atoms with Gasteiger partial charge in [0.25, 0.3) is 0 Å². The average Bonchev–Trinajstić information content (AvgIpc) is 2.70. The van der Waals surface area contributed by atoms with Gasteiger partial charge in [0.1, 0.15) is 11.6 Å². The highest BCUT2D eigenvalue weighted by Crippen LogP contribution is 2.29. The normalized spacial score (nSPS) is 22.8. The lowest BCUT2D eigenvalue weighted by Gasteiger charge is -2.29. The Labute approximate surface area is 122 Å². The lowest BCUT2D eigenvalue weighted by molar-refractivity contribution is -0.133. The van der Waals surface area contributed by atoms with Gasteiger partial charge >= 0.3 is 6.09 Å². The molecule has 1 rings (SSSR count). The van der Waals surface area contributed by atoms with Crippen molar-refractivity contribution in [3.63, 3.8) is 0 Å². The van der Waals surface area contributed by atoms with Crippen LogP contribution in [0.4, 0.5) is 4.79 Å². The summed E-state index contributed by atoms with van der Waals surface area (Å²) in [6.07, 6.45) is 2.47. The first-order chi connectivity index (χ1) is 9.15. The van der Waals surface area contributed by atoms with Crippen LogP contribution in [0.1, 0.15) is 47.0 Å². The zero-order valence-electron chi connectivity index (χ0n) is 13.6. The maximum absolute atomic E-state index is 12.3. The molecule has 20 heavy (non-hydrogen) atoms. The Bertz CT molecular complexity index is 361. The average molecular weight is 284 g/mol. The van der Waals surface area contributed by atoms with E-state index in [1.165, 1.54) is 0 Å². The Hall–Kier alpha value is -1.26. The summed E-state index contributed by atoms with van der Waals surface area (Å²) >= 11 is 0. The minimum Gasteiger partial charge on any atom is -0.444 e. The van der Waals surface area contributed by atoms with E-state index in [0.29, 0.717) is 12.5 Å². The Morgan fingerprint density at radius 1 is 1.30 bits per heavy atom. The molecule has 1 fully saturated rings. The van der Waals surface area contributed by atoms with Crippen molar-refractivity contribution in [2.45, 2.75) is 58.6 Å². The standard InChI is InChI=1S/C15H28N2O3/c1-7-8-11-9-12(13(18)16(5)6)17(10-11)14(19)20-15(2,3)4/h11-12H,7-10H2,1-6H3/t11-,12-/m1/s1. The molecule has 1 saturated heterocycles. The van der Waals surface area contributed by atoms with Gasteiger partial charge < -0.3 is 9.64 Å². The number of hydrogen-bond donors (Lipinski definition) is 0. The van der Waals surface area contributed by atoms with Crippen LogP contribution in [0.2, 0.25) is 0 Å². The van der Waals surface area contributed by atoms with Crippen LogP contribution in [0.25, 0.3) is 0 Å². The van der Waals surface area contributed by atoms with Gasteiger partial charge in [-0.05, 0) is 39.5 Å². The Kier molecular flexibility index (Phi) is 5.42. The number of carbonyl (C=O) groups excluding carboxylic acids is 2. The summed E-state index contributed by atoms with van der Waals surface area (Å²) in [5, 5.41) is 0. The van der Waals surface area contributed by atoms with Gasteiger partial charge in [-0.25, -0.2) is 4.79 Å². The molecule has 0 aromatic heterocycles. The third-order valence-electron chi connectivity index (χ3n) is 3.44. The molecule has 2 atom stereocenters. The molecule has 2 amide bonds. The van der Waals surface area contributed by atoms with Crippen molar-refractivity contribution in [3.8, 4) is 0 Å². The highest BCUT2D eigenvalue weighted by atomic mass is 16.6. The van der Waals surface area contributed by atoms with Crippen molar-refractivity contribution in [3.05, 3.63) is 0 Å². The molecule has 0 aromatic rings. The van der Waals surface area contributed by atoms with Crippen molar-refractivity contribution in [2.75, 3.05) is 20.6 Å². The zero-order chi connectivity index (χ0) is 15.5. The predicted molar refractivity (Wildman–Crippen MR) is 78.4 cm³/mol. The molecule has 0 N–H and O–H groups in total. The molecule has 0 radical (unpaired) electrons. The predicted octanol–water partition coefficient (Wildman–Crippen LogP) is 2.50. The molecule has 0 spiro atoms. The van der Waals surface area contributed by atoms with Crippen LogP contribution in [0.3, 0.4) is 0 Å². The second kappa shape index (κ2) is 6.46. The first-order valence-corrected chi connectivity index (χ1v) is 7.36. The Morgan fingerprint density at radius 2 is 1.90 bits per heavy atom. The summed E-state index contributed by atoms with van der Waals surface area (Å²) in [6, 6.07) is -0.378. The first-order valence-electron chi connectivity index (χ1n) is 7.36. The van der Waals surface area contributed by atoms with Gasteiger partial charge in [0.2, 0.25) is 5.91 Å². The van der Waals surface area contributed by atoms with Crippen LogP contribution in [-0.2, 0) is 9.53 Å². The molecule has 0 aromatic carbocycles. The maximum atomic E-state index is 12.3. The molecule has 0 unspecified atom stereocenters. The van der Waals surface area contributed by atoms with Gasteiger partial charge in [-0.1, -0.05) is 13.3 Å². The highest BCUT2D eigenvalue weighted by Gasteiger charge is 2.41. The van der Waals surface area contributed by atoms with Crippen LogP contribution in [0.15, 0.2) is 0 Å². The molecular formula is C15H28N2O3. The molecule has 0 aliphatic carbocycles. The number of likely N-dealkylation sites (tertiary alicyclic amines) is 1. The van der Waals surface area contributed by atoms with Crippen molar-refractivity contribution in [1.29, 1.82) is 0 Å². The molecular weight excluding hydrogens is 256 g/mol. The highest BCUT2D eigenvalue weighted by molar-refractivity contribution is 5.86. The fourth-order valence-electron chi connectivity index (χ4n) is 2.59. The Balaban J connectivity index is 2.83. The van der Waals surface area contributed by atoms with E-state index in [9.17, 15) is 9.59 Å². The Morgan fingerprint density at radius 3 is 2.35 bits per heavy atom. The summed E-state index contributed by atoms with van der Waals surface area (Å²) in [5.74, 6) is 0.371. The summed E-state index contributed by atoms with van der Waals surface area (Å²) in [6.45, 7) is 8.26. The molecule has 1 aliphatic rings. The number of ether oxygens (including phenoxy) is 1. The number of hydrogen-bond acceptors (Lipinski definition) is 3. The number of likely N-dealkylation sites (N-methyl/N-ethyl adjacent to an activating group) is 1. The third-order valence-corrected chi connectivity index (χ3v) is 3.44. The minimum atomic E-state index is -0.536. The van der Waals surface area contributed by atoms with Crippen molar-refractivity contribution < 1.29 is 14.3 Å². The molecule has 1 heterocycles. The second-order valence-corrected chi connectivity index (χ2v) is 6.77. The van der Waals surface area contributed by atoms with E-state index in [4.69, 9.17) is 4.74 Å². The number of carbonyl (C=O) groups is 2. The monoisotopic (exact) mass is 284 g/mol. The van der Waals surface area contributed by atoms with Gasteiger partial charge in [-0.2, -0.15) is 0 Å². The molecule has 5 nitrogen and oxygen atoms in total. The topological polar surface area (TPSA) is 49.9 Å². The summed E-state index contributed by atoms with van der Waals surface area (Å²) in [4.78, 5) is 27.7. The second-order valence-electron chi connectivity index (χ2n) is 6.77. The van der Waals surface area contributed by atoms with Gasteiger partial charge in [0, 0.05) is 20.6 Å². The number of nitrogens with zero attached hydrogens (tertiary/aromatic N) is 2. The van der Waals surface area contributed by atoms with E-state index in [2.05, 4.69) is 6.92 Å². The molecule has 116 valence electrons. The quantitative estimate of drug-likeness (QED) is 0.800. The van der Waals surface area contributed by atoms with E-state index in [1.54, 1.807) is 23.9 Å². The lowest BCUT2D eigenvalue weighted by atomic mass is 10.00. The minimum absolute atomic E-state index is 0.0190. The van der Waals surface area contributed by atoms with Crippen molar-refractivity contribution >= 4 is 12.0 Å². The molecule has 0 bridgehead atoms. The first kappa shape index (κ1) is 16.8. The number of rotatable bonds is 3.